The number of hydrogen-bond acceptors (Lipinski definition) is 7. The Kier molecular flexibility index (Phi) is 5.06. The molecule has 1 aromatic heterocycles. The molecule has 9 nitrogen and oxygen atoms in total. The van der Waals surface area contributed by atoms with Crippen molar-refractivity contribution in [2.45, 2.75) is 32.6 Å². The van der Waals surface area contributed by atoms with E-state index < -0.39 is 10.8 Å². The molecule has 1 aromatic carbocycles. The van der Waals surface area contributed by atoms with E-state index in [-0.39, 0.29) is 45.4 Å². The van der Waals surface area contributed by atoms with Crippen molar-refractivity contribution < 1.29 is 9.72 Å². The van der Waals surface area contributed by atoms with Gasteiger partial charge in [0, 0.05) is 47.6 Å². The summed E-state index contributed by atoms with van der Waals surface area (Å²) < 4.78 is 1.59. The number of aromatic nitrogens is 2. The van der Waals surface area contributed by atoms with Crippen molar-refractivity contribution in [3.05, 3.63) is 74.0 Å². The third-order valence-corrected chi connectivity index (χ3v) is 6.05. The van der Waals surface area contributed by atoms with Crippen LogP contribution in [0.4, 0.5) is 11.4 Å². The molecular weight excluding hydrogens is 432 g/mol. The van der Waals surface area contributed by atoms with Gasteiger partial charge in [0.15, 0.2) is 5.78 Å². The van der Waals surface area contributed by atoms with Crippen molar-refractivity contribution in [1.82, 2.24) is 9.78 Å². The molecule has 0 saturated heterocycles. The van der Waals surface area contributed by atoms with Crippen LogP contribution in [0, 0.1) is 26.9 Å². The first-order valence-electron chi connectivity index (χ1n) is 9.92. The van der Waals surface area contributed by atoms with Crippen LogP contribution in [-0.2, 0) is 11.8 Å². The molecule has 2 N–H and O–H groups in total. The first-order chi connectivity index (χ1) is 15.0. The lowest BCUT2D eigenvalue weighted by molar-refractivity contribution is -0.384. The smallest absolute Gasteiger partial charge is 0.294 e. The SMILES string of the molecule is Cn1cc([C@H]2C(C#N)=C(N)N(c3ccc(Cl)cc3[N+](=O)[O-])C3=C2C(=O)CC(C)(C)C3)cn1. The van der Waals surface area contributed by atoms with Crippen LogP contribution in [0.5, 0.6) is 0 Å². The Morgan fingerprint density at radius 1 is 1.38 bits per heavy atom. The number of ketones is 1. The fourth-order valence-corrected chi connectivity index (χ4v) is 4.70. The van der Waals surface area contributed by atoms with Crippen molar-refractivity contribution in [1.29, 1.82) is 5.26 Å². The Morgan fingerprint density at radius 2 is 2.09 bits per heavy atom. The molecular formula is C22H21ClN6O3. The molecule has 1 aliphatic heterocycles. The van der Waals surface area contributed by atoms with Gasteiger partial charge in [0.1, 0.15) is 11.5 Å². The molecule has 10 heteroatoms. The first kappa shape index (κ1) is 21.6. The maximum Gasteiger partial charge on any atom is 0.294 e. The highest BCUT2D eigenvalue weighted by Gasteiger charge is 2.46. The summed E-state index contributed by atoms with van der Waals surface area (Å²) in [6.45, 7) is 3.92. The van der Waals surface area contributed by atoms with Crippen molar-refractivity contribution in [3.8, 4) is 6.07 Å². The number of benzene rings is 1. The largest absolute Gasteiger partial charge is 0.384 e. The molecule has 4 rings (SSSR count). The van der Waals surface area contributed by atoms with E-state index in [2.05, 4.69) is 11.2 Å². The Bertz CT molecular complexity index is 1270. The second kappa shape index (κ2) is 7.50. The zero-order valence-electron chi connectivity index (χ0n) is 17.8. The third-order valence-electron chi connectivity index (χ3n) is 5.81. The number of nitrogens with zero attached hydrogens (tertiary/aromatic N) is 5. The molecule has 32 heavy (non-hydrogen) atoms. The van der Waals surface area contributed by atoms with E-state index in [4.69, 9.17) is 17.3 Å². The number of nitriles is 1. The van der Waals surface area contributed by atoms with Crippen LogP contribution in [0.25, 0.3) is 0 Å². The number of Topliss-reactive ketones (excluding diaryl/α,β-unsaturated/α-hetero) is 1. The normalized spacial score (nSPS) is 20.3. The van der Waals surface area contributed by atoms with E-state index in [1.54, 1.807) is 24.1 Å². The van der Waals surface area contributed by atoms with E-state index in [1.807, 2.05) is 13.8 Å². The van der Waals surface area contributed by atoms with Gasteiger partial charge in [0.05, 0.1) is 28.7 Å². The molecule has 0 fully saturated rings. The summed E-state index contributed by atoms with van der Waals surface area (Å²) in [5, 5.41) is 26.2. The van der Waals surface area contributed by atoms with Gasteiger partial charge in [0.25, 0.3) is 5.69 Å². The molecule has 2 aliphatic rings. The predicted octanol–water partition coefficient (Wildman–Crippen LogP) is 3.92. The van der Waals surface area contributed by atoms with Crippen LogP contribution in [0.15, 0.2) is 53.3 Å². The van der Waals surface area contributed by atoms with Gasteiger partial charge in [0.2, 0.25) is 0 Å². The summed E-state index contributed by atoms with van der Waals surface area (Å²) >= 11 is 6.01. The van der Waals surface area contributed by atoms with Crippen LogP contribution in [0.1, 0.15) is 38.2 Å². The number of rotatable bonds is 3. The average Bonchev–Trinajstić information content (AvgIpc) is 3.12. The third kappa shape index (κ3) is 3.42. The Hall–Kier alpha value is -3.64. The number of carbonyl (C=O) groups excluding carboxylic acids is 1. The maximum atomic E-state index is 13.4. The van der Waals surface area contributed by atoms with Crippen molar-refractivity contribution >= 4 is 28.8 Å². The summed E-state index contributed by atoms with van der Waals surface area (Å²) in [5.74, 6) is -0.752. The highest BCUT2D eigenvalue weighted by Crippen LogP contribution is 2.51. The zero-order chi connectivity index (χ0) is 23.4. The molecule has 0 amide bonds. The van der Waals surface area contributed by atoms with Gasteiger partial charge in [-0.05, 0) is 24.0 Å². The van der Waals surface area contributed by atoms with Crippen molar-refractivity contribution in [2.75, 3.05) is 4.90 Å². The van der Waals surface area contributed by atoms with Crippen LogP contribution < -0.4 is 10.6 Å². The van der Waals surface area contributed by atoms with Crippen molar-refractivity contribution in [2.24, 2.45) is 18.2 Å². The maximum absolute atomic E-state index is 13.4. The molecule has 1 aliphatic carbocycles. The number of anilines is 1. The highest BCUT2D eigenvalue weighted by molar-refractivity contribution is 6.31. The minimum absolute atomic E-state index is 0.0519. The number of aryl methyl sites for hydroxylation is 1. The summed E-state index contributed by atoms with van der Waals surface area (Å²) in [6.07, 6.45) is 4.09. The van der Waals surface area contributed by atoms with E-state index >= 15 is 0 Å². The van der Waals surface area contributed by atoms with Gasteiger partial charge in [-0.2, -0.15) is 10.4 Å². The number of halogens is 1. The predicted molar refractivity (Wildman–Crippen MR) is 118 cm³/mol. The van der Waals surface area contributed by atoms with Crippen LogP contribution in [-0.4, -0.2) is 20.5 Å². The minimum Gasteiger partial charge on any atom is -0.384 e. The van der Waals surface area contributed by atoms with E-state index in [0.717, 1.165) is 0 Å². The van der Waals surface area contributed by atoms with Gasteiger partial charge in [-0.25, -0.2) is 0 Å². The molecule has 0 radical (unpaired) electrons. The number of carbonyl (C=O) groups is 1. The Balaban J connectivity index is 2.05. The molecule has 164 valence electrons. The minimum atomic E-state index is -0.685. The second-order valence-electron chi connectivity index (χ2n) is 8.82. The number of hydrogen-bond donors (Lipinski definition) is 1. The Labute approximate surface area is 189 Å². The lowest BCUT2D eigenvalue weighted by atomic mass is 9.69. The fraction of sp³-hybridized carbons (Fsp3) is 0.318. The molecule has 2 aromatic rings. The number of nitro benzene ring substituents is 1. The monoisotopic (exact) mass is 452 g/mol. The Morgan fingerprint density at radius 3 is 2.69 bits per heavy atom. The molecule has 0 unspecified atom stereocenters. The van der Waals surface area contributed by atoms with Crippen LogP contribution in [0.2, 0.25) is 5.02 Å². The van der Waals surface area contributed by atoms with Crippen LogP contribution >= 0.6 is 11.6 Å². The average molecular weight is 453 g/mol. The molecule has 0 saturated carbocycles. The summed E-state index contributed by atoms with van der Waals surface area (Å²) in [5.41, 5.74) is 7.80. The number of allylic oxidation sites excluding steroid dienone is 3. The van der Waals surface area contributed by atoms with Gasteiger partial charge in [-0.3, -0.25) is 24.5 Å². The van der Waals surface area contributed by atoms with E-state index in [9.17, 15) is 20.2 Å². The highest BCUT2D eigenvalue weighted by atomic mass is 35.5. The summed E-state index contributed by atoms with van der Waals surface area (Å²) in [6, 6.07) is 6.38. The zero-order valence-corrected chi connectivity index (χ0v) is 18.6. The number of nitrogens with two attached hydrogens (primary N) is 1. The second-order valence-corrected chi connectivity index (χ2v) is 9.25. The standard InChI is InChI=1S/C22H21ClN6O3/c1-22(2)7-17-20(18(30)8-22)19(12-10-26-27(3)11-12)14(9-24)21(25)28(17)15-5-4-13(23)6-16(15)29(31)32/h4-6,10-11,19H,7-8,25H2,1-3H3/t19-/m0/s1. The van der Waals surface area contributed by atoms with Crippen LogP contribution in [0.3, 0.4) is 0 Å². The van der Waals surface area contributed by atoms with Gasteiger partial charge in [-0.15, -0.1) is 0 Å². The summed E-state index contributed by atoms with van der Waals surface area (Å²) in [7, 11) is 1.75. The first-order valence-corrected chi connectivity index (χ1v) is 10.3. The lowest BCUT2D eigenvalue weighted by Gasteiger charge is -2.43. The number of nitro groups is 1. The quantitative estimate of drug-likeness (QED) is 0.551. The summed E-state index contributed by atoms with van der Waals surface area (Å²) in [4.78, 5) is 26.2. The van der Waals surface area contributed by atoms with Gasteiger partial charge in [-0.1, -0.05) is 25.4 Å². The van der Waals surface area contributed by atoms with Gasteiger partial charge < -0.3 is 5.73 Å². The molecule has 0 spiro atoms. The van der Waals surface area contributed by atoms with Gasteiger partial charge >= 0.3 is 0 Å². The topological polar surface area (TPSA) is 131 Å². The molecule has 2 heterocycles. The van der Waals surface area contributed by atoms with E-state index in [0.29, 0.717) is 23.3 Å². The molecule has 1 atom stereocenters. The molecule has 0 bridgehead atoms. The lowest BCUT2D eigenvalue weighted by Crippen LogP contribution is -2.42. The fourth-order valence-electron chi connectivity index (χ4n) is 4.54. The van der Waals surface area contributed by atoms with E-state index in [1.165, 1.54) is 23.1 Å². The van der Waals surface area contributed by atoms with Crippen molar-refractivity contribution in [3.63, 3.8) is 0 Å².